The summed E-state index contributed by atoms with van der Waals surface area (Å²) in [5.74, 6) is -2.62. The first-order valence-electron chi connectivity index (χ1n) is 8.52. The van der Waals surface area contributed by atoms with Crippen LogP contribution in [0.5, 0.6) is 0 Å². The van der Waals surface area contributed by atoms with Crippen molar-refractivity contribution < 1.29 is 22.0 Å². The molecule has 0 bridgehead atoms. The van der Waals surface area contributed by atoms with Gasteiger partial charge in [0.15, 0.2) is 0 Å². The number of benzene rings is 2. The van der Waals surface area contributed by atoms with Crippen LogP contribution >= 0.6 is 0 Å². The fourth-order valence-corrected chi connectivity index (χ4v) is 4.52. The van der Waals surface area contributed by atoms with E-state index in [1.165, 1.54) is 15.3 Å². The number of amides is 1. The molecule has 1 aliphatic rings. The fourth-order valence-electron chi connectivity index (χ4n) is 3.02. The topological polar surface area (TPSA) is 57.7 Å². The van der Waals surface area contributed by atoms with E-state index in [1.807, 2.05) is 13.8 Å². The highest BCUT2D eigenvalue weighted by Crippen LogP contribution is 2.22. The lowest BCUT2D eigenvalue weighted by Gasteiger charge is -2.34. The number of piperazine rings is 1. The number of carbonyl (C=O) groups excluding carboxylic acids is 1. The first-order valence-corrected chi connectivity index (χ1v) is 9.96. The van der Waals surface area contributed by atoms with Gasteiger partial charge in [0.2, 0.25) is 10.0 Å². The van der Waals surface area contributed by atoms with Crippen molar-refractivity contribution >= 4 is 15.9 Å². The maximum Gasteiger partial charge on any atom is 0.259 e. The molecule has 0 aliphatic carbocycles. The Labute approximate surface area is 157 Å². The minimum absolute atomic E-state index is 0.0662. The van der Waals surface area contributed by atoms with Crippen molar-refractivity contribution in [2.24, 2.45) is 0 Å². The smallest absolute Gasteiger partial charge is 0.259 e. The molecule has 1 aliphatic heterocycles. The molecule has 2 aromatic carbocycles. The molecule has 0 unspecified atom stereocenters. The Balaban J connectivity index is 1.75. The molecule has 2 aromatic rings. The molecule has 0 N–H and O–H groups in total. The normalized spacial score (nSPS) is 15.8. The fraction of sp³-hybridized carbons (Fsp3) is 0.316. The molecule has 1 heterocycles. The summed E-state index contributed by atoms with van der Waals surface area (Å²) < 4.78 is 54.5. The molecular weight excluding hydrogens is 374 g/mol. The molecular formula is C19H20F2N2O3S. The number of sulfonamides is 1. The van der Waals surface area contributed by atoms with Gasteiger partial charge in [-0.2, -0.15) is 4.31 Å². The molecule has 5 nitrogen and oxygen atoms in total. The van der Waals surface area contributed by atoms with E-state index in [-0.39, 0.29) is 31.1 Å². The monoisotopic (exact) mass is 394 g/mol. The van der Waals surface area contributed by atoms with Gasteiger partial charge in [-0.05, 0) is 49.2 Å². The Morgan fingerprint density at radius 3 is 2.07 bits per heavy atom. The number of aryl methyl sites for hydroxylation is 2. The zero-order chi connectivity index (χ0) is 19.8. The van der Waals surface area contributed by atoms with Crippen molar-refractivity contribution in [3.8, 4) is 0 Å². The summed E-state index contributed by atoms with van der Waals surface area (Å²) in [7, 11) is -3.68. The Morgan fingerprint density at radius 2 is 1.52 bits per heavy atom. The second-order valence-corrected chi connectivity index (χ2v) is 8.48. The van der Waals surface area contributed by atoms with Gasteiger partial charge in [-0.15, -0.1) is 0 Å². The van der Waals surface area contributed by atoms with Crippen molar-refractivity contribution in [3.63, 3.8) is 0 Å². The molecule has 0 radical (unpaired) electrons. The van der Waals surface area contributed by atoms with Crippen LogP contribution in [0, 0.1) is 25.5 Å². The van der Waals surface area contributed by atoms with E-state index in [1.54, 1.807) is 18.2 Å². The van der Waals surface area contributed by atoms with E-state index < -0.39 is 33.1 Å². The largest absolute Gasteiger partial charge is 0.336 e. The van der Waals surface area contributed by atoms with Gasteiger partial charge in [0, 0.05) is 26.2 Å². The zero-order valence-corrected chi connectivity index (χ0v) is 15.9. The summed E-state index contributed by atoms with van der Waals surface area (Å²) in [4.78, 5) is 13.9. The highest BCUT2D eigenvalue weighted by molar-refractivity contribution is 7.89. The second-order valence-electron chi connectivity index (χ2n) is 6.54. The Hall–Kier alpha value is -2.32. The minimum atomic E-state index is -3.68. The number of halogens is 2. The molecule has 144 valence electrons. The van der Waals surface area contributed by atoms with Crippen molar-refractivity contribution in [3.05, 3.63) is 64.7 Å². The van der Waals surface area contributed by atoms with Crippen LogP contribution in [-0.4, -0.2) is 49.7 Å². The average Bonchev–Trinajstić information content (AvgIpc) is 2.63. The summed E-state index contributed by atoms with van der Waals surface area (Å²) in [6.45, 7) is 4.01. The third-order valence-electron chi connectivity index (χ3n) is 4.82. The summed E-state index contributed by atoms with van der Waals surface area (Å²) in [6, 6.07) is 8.17. The minimum Gasteiger partial charge on any atom is -0.336 e. The SMILES string of the molecule is Cc1ccc(S(=O)(=O)N2CCN(C(=O)c3c(F)cccc3F)CC2)cc1C. The van der Waals surface area contributed by atoms with Crippen molar-refractivity contribution in [2.45, 2.75) is 18.7 Å². The molecule has 1 amide bonds. The standard InChI is InChI=1S/C19H20F2N2O3S/c1-13-6-7-15(12-14(13)2)27(25,26)23-10-8-22(9-11-23)19(24)18-16(20)4-3-5-17(18)21/h3-7,12H,8-11H2,1-2H3. The van der Waals surface area contributed by atoms with Gasteiger partial charge in [-0.3, -0.25) is 4.79 Å². The molecule has 3 rings (SSSR count). The van der Waals surface area contributed by atoms with Gasteiger partial charge in [-0.1, -0.05) is 12.1 Å². The third kappa shape index (κ3) is 3.72. The van der Waals surface area contributed by atoms with E-state index in [9.17, 15) is 22.0 Å². The predicted octanol–water partition coefficient (Wildman–Crippen LogP) is 2.73. The third-order valence-corrected chi connectivity index (χ3v) is 6.71. The lowest BCUT2D eigenvalue weighted by Crippen LogP contribution is -2.50. The van der Waals surface area contributed by atoms with Crippen LogP contribution in [0.1, 0.15) is 21.5 Å². The highest BCUT2D eigenvalue weighted by Gasteiger charge is 2.32. The molecule has 0 aromatic heterocycles. The Kier molecular flexibility index (Phi) is 5.30. The van der Waals surface area contributed by atoms with Crippen LogP contribution in [0.25, 0.3) is 0 Å². The maximum absolute atomic E-state index is 13.8. The maximum atomic E-state index is 13.8. The summed E-state index contributed by atoms with van der Waals surface area (Å²) in [5, 5.41) is 0. The molecule has 0 atom stereocenters. The lowest BCUT2D eigenvalue weighted by atomic mass is 10.1. The van der Waals surface area contributed by atoms with Crippen LogP contribution in [0.4, 0.5) is 8.78 Å². The highest BCUT2D eigenvalue weighted by atomic mass is 32.2. The molecule has 8 heteroatoms. The van der Waals surface area contributed by atoms with E-state index in [2.05, 4.69) is 0 Å². The van der Waals surface area contributed by atoms with Crippen molar-refractivity contribution in [1.82, 2.24) is 9.21 Å². The van der Waals surface area contributed by atoms with Gasteiger partial charge in [0.1, 0.15) is 17.2 Å². The van der Waals surface area contributed by atoms with Crippen LogP contribution in [-0.2, 0) is 10.0 Å². The van der Waals surface area contributed by atoms with Crippen molar-refractivity contribution in [1.29, 1.82) is 0 Å². The predicted molar refractivity (Wildman–Crippen MR) is 96.9 cm³/mol. The van der Waals surface area contributed by atoms with Gasteiger partial charge >= 0.3 is 0 Å². The quantitative estimate of drug-likeness (QED) is 0.804. The van der Waals surface area contributed by atoms with Gasteiger partial charge in [0.25, 0.3) is 5.91 Å². The number of carbonyl (C=O) groups is 1. The Bertz CT molecular complexity index is 964. The van der Waals surface area contributed by atoms with Gasteiger partial charge in [-0.25, -0.2) is 17.2 Å². The van der Waals surface area contributed by atoms with Crippen LogP contribution in [0.2, 0.25) is 0 Å². The summed E-state index contributed by atoms with van der Waals surface area (Å²) >= 11 is 0. The van der Waals surface area contributed by atoms with Crippen LogP contribution in [0.15, 0.2) is 41.3 Å². The molecule has 0 saturated carbocycles. The summed E-state index contributed by atoms with van der Waals surface area (Å²) in [5.41, 5.74) is 1.26. The average molecular weight is 394 g/mol. The molecule has 1 fully saturated rings. The van der Waals surface area contributed by atoms with E-state index in [0.29, 0.717) is 0 Å². The molecule has 27 heavy (non-hydrogen) atoms. The Morgan fingerprint density at radius 1 is 0.926 bits per heavy atom. The number of rotatable bonds is 3. The van der Waals surface area contributed by atoms with E-state index in [4.69, 9.17) is 0 Å². The van der Waals surface area contributed by atoms with Crippen LogP contribution < -0.4 is 0 Å². The lowest BCUT2D eigenvalue weighted by molar-refractivity contribution is 0.0688. The van der Waals surface area contributed by atoms with Gasteiger partial charge in [0.05, 0.1) is 4.90 Å². The van der Waals surface area contributed by atoms with Crippen LogP contribution in [0.3, 0.4) is 0 Å². The number of hydrogen-bond donors (Lipinski definition) is 0. The molecule has 0 spiro atoms. The number of nitrogens with zero attached hydrogens (tertiary/aromatic N) is 2. The first-order chi connectivity index (χ1) is 12.7. The van der Waals surface area contributed by atoms with E-state index in [0.717, 1.165) is 23.3 Å². The second kappa shape index (κ2) is 7.36. The van der Waals surface area contributed by atoms with Crippen molar-refractivity contribution in [2.75, 3.05) is 26.2 Å². The molecule has 1 saturated heterocycles. The van der Waals surface area contributed by atoms with E-state index >= 15 is 0 Å². The first kappa shape index (κ1) is 19.4. The number of hydrogen-bond acceptors (Lipinski definition) is 3. The summed E-state index contributed by atoms with van der Waals surface area (Å²) in [6.07, 6.45) is 0. The zero-order valence-electron chi connectivity index (χ0n) is 15.1. The van der Waals surface area contributed by atoms with Gasteiger partial charge < -0.3 is 4.90 Å².